The zero-order chi connectivity index (χ0) is 11.0. The summed E-state index contributed by atoms with van der Waals surface area (Å²) in [5.41, 5.74) is 3.78. The summed E-state index contributed by atoms with van der Waals surface area (Å²) in [6.45, 7) is 4.97. The summed E-state index contributed by atoms with van der Waals surface area (Å²) in [5, 5.41) is 3.51. The molecule has 16 heavy (non-hydrogen) atoms. The summed E-state index contributed by atoms with van der Waals surface area (Å²) < 4.78 is 0. The van der Waals surface area contributed by atoms with Gasteiger partial charge >= 0.3 is 0 Å². The van der Waals surface area contributed by atoms with Gasteiger partial charge in [0.05, 0.1) is 0 Å². The first-order valence-corrected chi connectivity index (χ1v) is 5.90. The molecule has 0 amide bonds. The van der Waals surface area contributed by atoms with Gasteiger partial charge in [-0.15, -0.1) is 0 Å². The molecule has 2 heteroatoms. The van der Waals surface area contributed by atoms with Crippen molar-refractivity contribution in [2.75, 3.05) is 6.54 Å². The molecule has 1 fully saturated rings. The second-order valence-electron chi connectivity index (χ2n) is 4.59. The van der Waals surface area contributed by atoms with E-state index in [1.54, 1.807) is 0 Å². The van der Waals surface area contributed by atoms with Crippen molar-refractivity contribution in [2.45, 2.75) is 18.9 Å². The highest BCUT2D eigenvalue weighted by Crippen LogP contribution is 2.35. The second-order valence-corrected chi connectivity index (χ2v) is 4.59. The average molecular weight is 212 g/mol. The maximum Gasteiger partial charge on any atom is 0.0364 e. The van der Waals surface area contributed by atoms with Gasteiger partial charge in [-0.1, -0.05) is 18.7 Å². The Hall–Kier alpha value is -1.41. The summed E-state index contributed by atoms with van der Waals surface area (Å²) >= 11 is 0. The van der Waals surface area contributed by atoms with Gasteiger partial charge in [0.15, 0.2) is 0 Å². The normalized spacial score (nSPS) is 27.6. The van der Waals surface area contributed by atoms with Crippen LogP contribution in [0.25, 0.3) is 11.6 Å². The molecule has 2 atom stereocenters. The smallest absolute Gasteiger partial charge is 0.0364 e. The van der Waals surface area contributed by atoms with Crippen molar-refractivity contribution in [1.29, 1.82) is 0 Å². The number of allylic oxidation sites excluding steroid dienone is 1. The third-order valence-corrected chi connectivity index (χ3v) is 3.64. The Morgan fingerprint density at radius 3 is 3.12 bits per heavy atom. The fraction of sp³-hybridized carbons (Fsp3) is 0.357. The van der Waals surface area contributed by atoms with Gasteiger partial charge in [0, 0.05) is 25.0 Å². The molecule has 1 aliphatic carbocycles. The van der Waals surface area contributed by atoms with Crippen molar-refractivity contribution in [3.8, 4) is 0 Å². The zero-order valence-corrected chi connectivity index (χ0v) is 9.32. The lowest BCUT2D eigenvalue weighted by atomic mass is 9.76. The topological polar surface area (TPSA) is 24.9 Å². The minimum Gasteiger partial charge on any atom is -0.309 e. The number of pyridine rings is 1. The highest BCUT2D eigenvalue weighted by molar-refractivity contribution is 5.72. The fourth-order valence-electron chi connectivity index (χ4n) is 2.64. The van der Waals surface area contributed by atoms with E-state index >= 15 is 0 Å². The van der Waals surface area contributed by atoms with Crippen LogP contribution >= 0.6 is 0 Å². The van der Waals surface area contributed by atoms with E-state index in [1.165, 1.54) is 30.5 Å². The molecule has 1 aromatic heterocycles. The molecular formula is C14H16N2. The first-order chi connectivity index (χ1) is 7.88. The van der Waals surface area contributed by atoms with Gasteiger partial charge in [-0.2, -0.15) is 0 Å². The van der Waals surface area contributed by atoms with E-state index < -0.39 is 0 Å². The molecule has 1 aromatic rings. The van der Waals surface area contributed by atoms with Crippen molar-refractivity contribution in [2.24, 2.45) is 5.92 Å². The molecule has 0 saturated carbocycles. The molecule has 3 rings (SSSR count). The van der Waals surface area contributed by atoms with Crippen LogP contribution < -0.4 is 5.32 Å². The van der Waals surface area contributed by atoms with Crippen molar-refractivity contribution < 1.29 is 0 Å². The number of nitrogens with one attached hydrogen (secondary N) is 1. The van der Waals surface area contributed by atoms with E-state index in [1.807, 2.05) is 18.5 Å². The number of hydrogen-bond donors (Lipinski definition) is 1. The van der Waals surface area contributed by atoms with Crippen LogP contribution in [0.5, 0.6) is 0 Å². The van der Waals surface area contributed by atoms with Crippen LogP contribution in [0.1, 0.15) is 24.0 Å². The van der Waals surface area contributed by atoms with Gasteiger partial charge in [-0.05, 0) is 41.5 Å². The molecule has 1 N–H and O–H groups in total. The van der Waals surface area contributed by atoms with E-state index in [4.69, 9.17) is 0 Å². The highest BCUT2D eigenvalue weighted by atomic mass is 15.0. The Labute approximate surface area is 96.1 Å². The van der Waals surface area contributed by atoms with Crippen molar-refractivity contribution in [3.63, 3.8) is 0 Å². The maximum atomic E-state index is 4.27. The number of nitrogens with zero attached hydrogens (tertiary/aromatic N) is 1. The zero-order valence-electron chi connectivity index (χ0n) is 9.32. The lowest BCUT2D eigenvalue weighted by Crippen LogP contribution is -2.54. The first-order valence-electron chi connectivity index (χ1n) is 5.90. The quantitative estimate of drug-likeness (QED) is 0.814. The van der Waals surface area contributed by atoms with Crippen molar-refractivity contribution in [3.05, 3.63) is 42.2 Å². The van der Waals surface area contributed by atoms with Gasteiger partial charge in [0.25, 0.3) is 0 Å². The fourth-order valence-corrected chi connectivity index (χ4v) is 2.64. The van der Waals surface area contributed by atoms with Crippen molar-refractivity contribution >= 4 is 11.6 Å². The number of hydrogen-bond acceptors (Lipinski definition) is 2. The highest BCUT2D eigenvalue weighted by Gasteiger charge is 2.35. The predicted molar refractivity (Wildman–Crippen MR) is 66.8 cm³/mol. The SMILES string of the molecule is C=Cc1cncc(C2=CCC[C@H]3CN[C@@H]23)c1. The molecule has 1 aliphatic heterocycles. The van der Waals surface area contributed by atoms with E-state index in [-0.39, 0.29) is 0 Å². The summed E-state index contributed by atoms with van der Waals surface area (Å²) in [6.07, 6.45) is 10.6. The van der Waals surface area contributed by atoms with E-state index in [2.05, 4.69) is 29.0 Å². The third-order valence-electron chi connectivity index (χ3n) is 3.64. The molecule has 0 aromatic carbocycles. The van der Waals surface area contributed by atoms with Crippen LogP contribution in [0.3, 0.4) is 0 Å². The van der Waals surface area contributed by atoms with Gasteiger partial charge in [-0.3, -0.25) is 4.98 Å². The minimum atomic E-state index is 0.565. The second kappa shape index (κ2) is 3.87. The third kappa shape index (κ3) is 1.50. The molecule has 1 saturated heterocycles. The molecule has 0 radical (unpaired) electrons. The lowest BCUT2D eigenvalue weighted by Gasteiger charge is -2.42. The van der Waals surface area contributed by atoms with Crippen LogP contribution in [0.15, 0.2) is 31.1 Å². The average Bonchev–Trinajstić information content (AvgIpc) is 2.30. The van der Waals surface area contributed by atoms with E-state index in [9.17, 15) is 0 Å². The summed E-state index contributed by atoms with van der Waals surface area (Å²) in [6, 6.07) is 2.74. The molecule has 0 unspecified atom stereocenters. The number of fused-ring (bicyclic) bond motifs is 1. The van der Waals surface area contributed by atoms with Gasteiger partial charge < -0.3 is 5.32 Å². The van der Waals surface area contributed by atoms with Gasteiger partial charge in [0.2, 0.25) is 0 Å². The van der Waals surface area contributed by atoms with Crippen LogP contribution in [-0.2, 0) is 0 Å². The van der Waals surface area contributed by atoms with Crippen LogP contribution in [0, 0.1) is 5.92 Å². The summed E-state index contributed by atoms with van der Waals surface area (Å²) in [7, 11) is 0. The molecular weight excluding hydrogens is 196 g/mol. The lowest BCUT2D eigenvalue weighted by molar-refractivity contribution is 0.262. The van der Waals surface area contributed by atoms with Crippen LogP contribution in [-0.4, -0.2) is 17.6 Å². The molecule has 0 bridgehead atoms. The Morgan fingerprint density at radius 1 is 1.44 bits per heavy atom. The van der Waals surface area contributed by atoms with Crippen LogP contribution in [0.2, 0.25) is 0 Å². The van der Waals surface area contributed by atoms with Gasteiger partial charge in [0.1, 0.15) is 0 Å². The van der Waals surface area contributed by atoms with E-state index in [0.717, 1.165) is 11.5 Å². The first kappa shape index (κ1) is 9.79. The van der Waals surface area contributed by atoms with Gasteiger partial charge in [-0.25, -0.2) is 0 Å². The molecule has 0 spiro atoms. The Kier molecular flexibility index (Phi) is 2.37. The maximum absolute atomic E-state index is 4.27. The Balaban J connectivity index is 1.96. The number of aromatic nitrogens is 1. The molecule has 2 nitrogen and oxygen atoms in total. The molecule has 2 heterocycles. The predicted octanol–water partition coefficient (Wildman–Crippen LogP) is 2.49. The largest absolute Gasteiger partial charge is 0.309 e. The molecule has 2 aliphatic rings. The van der Waals surface area contributed by atoms with Crippen molar-refractivity contribution in [1.82, 2.24) is 10.3 Å². The standard InChI is InChI=1S/C14H16N2/c1-2-10-6-12(8-15-7-10)13-5-3-4-11-9-16-14(11)13/h2,5-8,11,14,16H,1,3-4,9H2/t11-,14+/m0/s1. The number of rotatable bonds is 2. The summed E-state index contributed by atoms with van der Waals surface area (Å²) in [4.78, 5) is 4.27. The summed E-state index contributed by atoms with van der Waals surface area (Å²) in [5.74, 6) is 0.840. The Bertz CT molecular complexity index is 448. The minimum absolute atomic E-state index is 0.565. The molecule has 82 valence electrons. The Morgan fingerprint density at radius 2 is 2.38 bits per heavy atom. The van der Waals surface area contributed by atoms with E-state index in [0.29, 0.717) is 6.04 Å². The monoisotopic (exact) mass is 212 g/mol. The van der Waals surface area contributed by atoms with Crippen LogP contribution in [0.4, 0.5) is 0 Å².